The summed E-state index contributed by atoms with van der Waals surface area (Å²) in [7, 11) is 1.10. The van der Waals surface area contributed by atoms with Gasteiger partial charge in [0.05, 0.1) is 0 Å². The second-order valence-corrected chi connectivity index (χ2v) is 7.01. The van der Waals surface area contributed by atoms with E-state index in [0.29, 0.717) is 5.54 Å². The molecular weight excluding hydrogens is 280 g/mol. The van der Waals surface area contributed by atoms with Gasteiger partial charge in [-0.2, -0.15) is 0 Å². The van der Waals surface area contributed by atoms with E-state index in [4.69, 9.17) is 0 Å². The Kier molecular flexibility index (Phi) is 3.28. The molecule has 4 aromatic rings. The van der Waals surface area contributed by atoms with E-state index in [9.17, 15) is 0 Å². The van der Waals surface area contributed by atoms with Crippen molar-refractivity contribution in [2.24, 2.45) is 0 Å². The molecule has 0 unspecified atom stereocenters. The average molecular weight is 298 g/mol. The number of hydrogen-bond donors (Lipinski definition) is 0. The molecular formula is C21H18Si. The molecule has 0 aromatic heterocycles. The lowest BCUT2D eigenvalue weighted by Gasteiger charge is -2.17. The van der Waals surface area contributed by atoms with E-state index in [0.717, 1.165) is 10.2 Å². The fourth-order valence-electron chi connectivity index (χ4n) is 3.42. The van der Waals surface area contributed by atoms with Gasteiger partial charge < -0.3 is 0 Å². The highest BCUT2D eigenvalue weighted by molar-refractivity contribution is 6.17. The van der Waals surface area contributed by atoms with Crippen LogP contribution in [0, 0.1) is 0 Å². The van der Waals surface area contributed by atoms with Gasteiger partial charge in [0.25, 0.3) is 0 Å². The minimum atomic E-state index is 0.511. The fourth-order valence-corrected chi connectivity index (χ4v) is 4.43. The van der Waals surface area contributed by atoms with Crippen molar-refractivity contribution in [1.29, 1.82) is 0 Å². The summed E-state index contributed by atoms with van der Waals surface area (Å²) in [6.07, 6.45) is 0. The van der Waals surface area contributed by atoms with Crippen LogP contribution >= 0.6 is 0 Å². The first-order valence-electron chi connectivity index (χ1n) is 7.80. The number of rotatable bonds is 2. The van der Waals surface area contributed by atoms with E-state index in [1.54, 1.807) is 0 Å². The molecule has 0 aliphatic carbocycles. The predicted molar refractivity (Wildman–Crippen MR) is 99.7 cm³/mol. The Morgan fingerprint density at radius 2 is 0.909 bits per heavy atom. The van der Waals surface area contributed by atoms with E-state index in [1.165, 1.54) is 32.7 Å². The molecule has 0 spiro atoms. The Hall–Kier alpha value is -2.38. The molecule has 4 rings (SSSR count). The van der Waals surface area contributed by atoms with Crippen LogP contribution in [0.25, 0.3) is 21.5 Å². The van der Waals surface area contributed by atoms with Crippen molar-refractivity contribution < 1.29 is 0 Å². The summed E-state index contributed by atoms with van der Waals surface area (Å²) in [6.45, 7) is 0. The molecule has 4 aromatic carbocycles. The van der Waals surface area contributed by atoms with Crippen LogP contribution in [0.1, 0.15) is 16.7 Å². The Bertz CT molecular complexity index is 866. The average Bonchev–Trinajstić information content (AvgIpc) is 2.60. The lowest BCUT2D eigenvalue weighted by atomic mass is 9.94. The molecule has 0 fully saturated rings. The van der Waals surface area contributed by atoms with Gasteiger partial charge in [-0.1, -0.05) is 84.9 Å². The smallest absolute Gasteiger partial charge is 0.0179 e. The summed E-state index contributed by atoms with van der Waals surface area (Å²) < 4.78 is 0. The molecule has 0 saturated carbocycles. The Morgan fingerprint density at radius 3 is 1.41 bits per heavy atom. The predicted octanol–water partition coefficient (Wildman–Crippen LogP) is 4.45. The zero-order valence-electron chi connectivity index (χ0n) is 12.7. The van der Waals surface area contributed by atoms with Crippen LogP contribution in [-0.2, 0) is 0 Å². The summed E-state index contributed by atoms with van der Waals surface area (Å²) in [4.78, 5) is 0. The lowest BCUT2D eigenvalue weighted by Crippen LogP contribution is -2.02. The van der Waals surface area contributed by atoms with E-state index < -0.39 is 0 Å². The molecule has 0 amide bonds. The number of benzene rings is 4. The van der Waals surface area contributed by atoms with Crippen molar-refractivity contribution >= 4 is 31.8 Å². The van der Waals surface area contributed by atoms with Gasteiger partial charge in [0, 0.05) is 10.2 Å². The summed E-state index contributed by atoms with van der Waals surface area (Å²) >= 11 is 0. The largest absolute Gasteiger partial charge is 0.0616 e. The van der Waals surface area contributed by atoms with Crippen LogP contribution in [-0.4, -0.2) is 10.2 Å². The van der Waals surface area contributed by atoms with Gasteiger partial charge in [-0.05, 0) is 38.2 Å². The SMILES string of the molecule is [SiH3]C(c1cccc2ccccc12)c1cccc2ccccc12. The first-order chi connectivity index (χ1) is 10.8. The summed E-state index contributed by atoms with van der Waals surface area (Å²) in [5, 5.41) is 5.44. The minimum absolute atomic E-state index is 0.511. The van der Waals surface area contributed by atoms with Gasteiger partial charge in [-0.3, -0.25) is 0 Å². The van der Waals surface area contributed by atoms with E-state index in [-0.39, 0.29) is 0 Å². The maximum atomic E-state index is 2.29. The van der Waals surface area contributed by atoms with Gasteiger partial charge in [-0.25, -0.2) is 0 Å². The highest BCUT2D eigenvalue weighted by Crippen LogP contribution is 2.32. The first kappa shape index (κ1) is 13.3. The minimum Gasteiger partial charge on any atom is -0.0616 e. The van der Waals surface area contributed by atoms with Gasteiger partial charge >= 0.3 is 0 Å². The number of fused-ring (bicyclic) bond motifs is 2. The second-order valence-electron chi connectivity index (χ2n) is 5.86. The van der Waals surface area contributed by atoms with Gasteiger partial charge in [0.15, 0.2) is 0 Å². The van der Waals surface area contributed by atoms with Gasteiger partial charge in [-0.15, -0.1) is 0 Å². The third-order valence-electron chi connectivity index (χ3n) is 4.58. The monoisotopic (exact) mass is 298 g/mol. The molecule has 0 aliphatic heterocycles. The van der Waals surface area contributed by atoms with Crippen molar-refractivity contribution in [1.82, 2.24) is 0 Å². The molecule has 106 valence electrons. The summed E-state index contributed by atoms with van der Waals surface area (Å²) in [5.74, 6) is 0. The molecule has 0 saturated heterocycles. The zero-order chi connectivity index (χ0) is 14.9. The Balaban J connectivity index is 1.94. The van der Waals surface area contributed by atoms with Crippen LogP contribution < -0.4 is 0 Å². The summed E-state index contributed by atoms with van der Waals surface area (Å²) in [6, 6.07) is 30.8. The van der Waals surface area contributed by atoms with Crippen molar-refractivity contribution in [3.05, 3.63) is 96.1 Å². The molecule has 0 aliphatic rings. The molecule has 1 heteroatoms. The molecule has 0 radical (unpaired) electrons. The van der Waals surface area contributed by atoms with E-state index >= 15 is 0 Å². The van der Waals surface area contributed by atoms with Gasteiger partial charge in [0.1, 0.15) is 0 Å². The van der Waals surface area contributed by atoms with E-state index in [2.05, 4.69) is 84.9 Å². The maximum absolute atomic E-state index is 2.29. The summed E-state index contributed by atoms with van der Waals surface area (Å²) in [5.41, 5.74) is 3.43. The maximum Gasteiger partial charge on any atom is 0.0179 e. The third-order valence-corrected chi connectivity index (χ3v) is 5.82. The lowest BCUT2D eigenvalue weighted by molar-refractivity contribution is 1.18. The van der Waals surface area contributed by atoms with Crippen molar-refractivity contribution in [3.63, 3.8) is 0 Å². The molecule has 0 nitrogen and oxygen atoms in total. The fraction of sp³-hybridized carbons (Fsp3) is 0.0476. The zero-order valence-corrected chi connectivity index (χ0v) is 14.7. The second kappa shape index (κ2) is 5.43. The normalized spacial score (nSPS) is 11.5. The number of hydrogen-bond acceptors (Lipinski definition) is 0. The molecule has 0 heterocycles. The van der Waals surface area contributed by atoms with Crippen LogP contribution in [0.3, 0.4) is 0 Å². The third kappa shape index (κ3) is 2.15. The molecule has 0 atom stereocenters. The Morgan fingerprint density at radius 1 is 0.500 bits per heavy atom. The van der Waals surface area contributed by atoms with Crippen molar-refractivity contribution in [3.8, 4) is 0 Å². The van der Waals surface area contributed by atoms with Crippen LogP contribution in [0.2, 0.25) is 0 Å². The Labute approximate surface area is 133 Å². The highest BCUT2D eigenvalue weighted by atomic mass is 28.1. The highest BCUT2D eigenvalue weighted by Gasteiger charge is 2.13. The quantitative estimate of drug-likeness (QED) is 0.480. The standard InChI is InChI=1S/C21H18Si/c22-21(19-13-5-9-15-7-1-3-11-17(15)19)20-14-6-10-16-8-2-4-12-18(16)20/h1-14,21H,22H3. The van der Waals surface area contributed by atoms with Crippen molar-refractivity contribution in [2.45, 2.75) is 5.54 Å². The van der Waals surface area contributed by atoms with Crippen LogP contribution in [0.4, 0.5) is 0 Å². The molecule has 0 N–H and O–H groups in total. The van der Waals surface area contributed by atoms with Crippen LogP contribution in [0.15, 0.2) is 84.9 Å². The van der Waals surface area contributed by atoms with Gasteiger partial charge in [0.2, 0.25) is 0 Å². The molecule has 0 bridgehead atoms. The van der Waals surface area contributed by atoms with Crippen LogP contribution in [0.5, 0.6) is 0 Å². The molecule has 22 heavy (non-hydrogen) atoms. The van der Waals surface area contributed by atoms with Crippen molar-refractivity contribution in [2.75, 3.05) is 0 Å². The topological polar surface area (TPSA) is 0 Å². The first-order valence-corrected chi connectivity index (χ1v) is 8.95. The van der Waals surface area contributed by atoms with E-state index in [1.807, 2.05) is 0 Å².